The monoisotopic (exact) mass is 1800 g/mol. The SMILES string of the molecule is Cn1c2ccc(F)cc2c2cc(F)ccc21.[2H]c1c(-c2ccccc2)c([2H])c2c3c([2H])c(-c4ccccc4)c([2H])c([2H])c3n(C)c2c1[2H].[2H]c1c([2H])c([2H])c(-c2c([2H])c([2H])c3c(c2[2H])c2c([2H])c(-c4c([2H])c([2H])c([2H])c([2H])c4[2H])c([2H])c([2H])c2n3C)c([2H])c1[2H].[2H]c1c([2H])c([2H])c(-c2ccc3c(c2)c2cc(-c4c([2H])c([2H])c([2H])c([2H])c4[2H])ccc2n3C)c([2H])c1[2H].[2H]c1cc2c(cc1F)c1cc(F)c([2H])cc1n2C.[2H]c1ccc(-c2ccc3c(c2)c2cc(-c4ccc([2H])cc4)ccc2n3C)cc1. The van der Waals surface area contributed by atoms with E-state index in [0.29, 0.717) is 89.1 Å². The maximum absolute atomic E-state index is 13.4. The topological polar surface area (TPSA) is 29.6 Å². The third-order valence-corrected chi connectivity index (χ3v) is 24.1. The second-order valence-corrected chi connectivity index (χ2v) is 32.0. The van der Waals surface area contributed by atoms with Gasteiger partial charge in [-0.15, -0.1) is 0 Å². The molecule has 0 aliphatic heterocycles. The summed E-state index contributed by atoms with van der Waals surface area (Å²) in [6.45, 7) is 0. The lowest BCUT2D eigenvalue weighted by molar-refractivity contribution is 0.628. The minimum Gasteiger partial charge on any atom is -0.344 e. The lowest BCUT2D eigenvalue weighted by Gasteiger charge is -2.03. The van der Waals surface area contributed by atoms with Crippen LogP contribution in [0.3, 0.4) is 0 Å². The first-order chi connectivity index (χ1) is 81.5. The van der Waals surface area contributed by atoms with E-state index in [2.05, 4.69) is 48.0 Å². The highest BCUT2D eigenvalue weighted by Gasteiger charge is 2.19. The average Bonchev–Trinajstić information content (AvgIpc) is 1.53. The average molecular weight is 1800 g/mol. The normalized spacial score (nSPS) is 15.0. The quantitative estimate of drug-likeness (QED) is 0.136. The van der Waals surface area contributed by atoms with Gasteiger partial charge in [0.1, 0.15) is 23.3 Å². The smallest absolute Gasteiger partial charge is 0.123 e. The summed E-state index contributed by atoms with van der Waals surface area (Å²) in [4.78, 5) is 0. The number of hydrogen-bond donors (Lipinski definition) is 0. The number of aromatic nitrogens is 6. The van der Waals surface area contributed by atoms with Crippen LogP contribution >= 0.6 is 0 Å². The van der Waals surface area contributed by atoms with Crippen molar-refractivity contribution in [1.29, 1.82) is 0 Å². The summed E-state index contributed by atoms with van der Waals surface area (Å²) in [5.41, 5.74) is 13.4. The van der Waals surface area contributed by atoms with Gasteiger partial charge in [0, 0.05) is 173 Å². The summed E-state index contributed by atoms with van der Waals surface area (Å²) < 4.78 is 362. The fourth-order valence-corrected chi connectivity index (χ4v) is 17.3. The van der Waals surface area contributed by atoms with Crippen LogP contribution in [-0.4, -0.2) is 27.4 Å². The number of nitrogens with zero attached hydrogens (tertiary/aromatic N) is 6. The van der Waals surface area contributed by atoms with E-state index in [1.165, 1.54) is 82.0 Å². The zero-order chi connectivity index (χ0) is 124. The molecule has 6 heterocycles. The van der Waals surface area contributed by atoms with E-state index >= 15 is 0 Å². The second kappa shape index (κ2) is 36.9. The van der Waals surface area contributed by atoms with E-state index in [1.807, 2.05) is 120 Å². The molecule has 0 N–H and O–H groups in total. The molecule has 0 saturated carbocycles. The standard InChI is InChI=1S/4C25H19N.2C13H9F2N/c4*1-26-24-14-12-20(18-8-4-2-5-9-18)16-22(24)23-17-21(13-15-25(23)26)19-10-6-3-7-11-19;2*1-16-12-4-2-8(14)6-10(12)11-7-9(15)3-5-13(11)16/h4*2-17H,1H3;2*2-7H,1H3/i2D,3D,4D,5D,6D,7D,8D,9D,10D,11D,12D,13D,14D,15D,16D,17D;2D,3D,4D,5D,6D,7D,8D,9D,10D,11D;12D,13D,14D,15D,16D,17D;2*2D,3D;. The molecule has 0 aliphatic carbocycles. The van der Waals surface area contributed by atoms with Gasteiger partial charge in [0.05, 0.1) is 49.3 Å². The third-order valence-electron chi connectivity index (χ3n) is 24.1. The van der Waals surface area contributed by atoms with E-state index in [4.69, 9.17) is 49.3 Å². The van der Waals surface area contributed by atoms with Gasteiger partial charge in [-0.25, -0.2) is 17.6 Å². The molecule has 0 radical (unpaired) electrons. The molecule has 10 heteroatoms. The summed E-state index contributed by atoms with van der Waals surface area (Å²) in [5.74, 6) is -1.87. The van der Waals surface area contributed by atoms with Crippen LogP contribution in [0.15, 0.2) is 460 Å². The van der Waals surface area contributed by atoms with Crippen LogP contribution in [0.4, 0.5) is 17.6 Å². The number of rotatable bonds is 8. The van der Waals surface area contributed by atoms with Gasteiger partial charge in [-0.1, -0.05) is 291 Å². The number of fused-ring (bicyclic) bond motifs is 18. The minimum atomic E-state index is -0.716. The maximum atomic E-state index is 13.4. The molecule has 0 atom stereocenters. The molecule has 0 fully saturated rings. The molecule has 26 rings (SSSR count). The van der Waals surface area contributed by atoms with E-state index in [9.17, 15) is 17.6 Å². The fourth-order valence-electron chi connectivity index (χ4n) is 17.3. The summed E-state index contributed by atoms with van der Waals surface area (Å²) in [5, 5.41) is 6.90. The Morgan fingerprint density at radius 3 is 0.647 bits per heavy atom. The first-order valence-electron chi connectivity index (χ1n) is 60.8. The predicted octanol–water partition coefficient (Wildman–Crippen LogP) is 33.9. The van der Waals surface area contributed by atoms with Crippen molar-refractivity contribution in [3.8, 4) is 89.0 Å². The number of aryl methyl sites for hydroxylation is 6. The van der Waals surface area contributed by atoms with Gasteiger partial charge in [-0.2, -0.15) is 0 Å². The van der Waals surface area contributed by atoms with E-state index in [-0.39, 0.29) is 117 Å². The molecule has 0 bridgehead atoms. The summed E-state index contributed by atoms with van der Waals surface area (Å²) >= 11 is 0. The summed E-state index contributed by atoms with van der Waals surface area (Å²) in [6.07, 6.45) is 0. The van der Waals surface area contributed by atoms with Gasteiger partial charge < -0.3 is 27.4 Å². The highest BCUT2D eigenvalue weighted by Crippen LogP contribution is 2.42. The van der Waals surface area contributed by atoms with Gasteiger partial charge in [-0.05, 0) is 259 Å². The minimum absolute atomic E-state index is 0.0554. The van der Waals surface area contributed by atoms with Gasteiger partial charge in [0.15, 0.2) is 0 Å². The van der Waals surface area contributed by atoms with E-state index < -0.39 is 167 Å². The molecule has 6 nitrogen and oxygen atoms in total. The Hall–Kier alpha value is -17.1. The molecule has 0 saturated heterocycles. The molecule has 656 valence electrons. The van der Waals surface area contributed by atoms with Crippen molar-refractivity contribution in [3.63, 3.8) is 0 Å². The van der Waals surface area contributed by atoms with Gasteiger partial charge in [0.2, 0.25) is 0 Å². The lowest BCUT2D eigenvalue weighted by Crippen LogP contribution is -1.86. The Labute approximate surface area is 836 Å². The van der Waals surface area contributed by atoms with Crippen LogP contribution in [0.1, 0.15) is 49.3 Å². The first-order valence-corrected chi connectivity index (χ1v) is 42.8. The van der Waals surface area contributed by atoms with E-state index in [0.717, 1.165) is 65.9 Å². The Balaban J connectivity index is 0.000000120. The maximum Gasteiger partial charge on any atom is 0.123 e. The van der Waals surface area contributed by atoms with Crippen LogP contribution in [0, 0.1) is 23.3 Å². The zero-order valence-corrected chi connectivity index (χ0v) is 73.3. The number of hydrogen-bond acceptors (Lipinski definition) is 0. The highest BCUT2D eigenvalue weighted by atomic mass is 19.1. The Morgan fingerprint density at radius 2 is 0.360 bits per heavy atom. The number of benzene rings is 20. The van der Waals surface area contributed by atoms with Gasteiger partial charge in [-0.3, -0.25) is 0 Å². The largest absolute Gasteiger partial charge is 0.344 e. The van der Waals surface area contributed by atoms with Crippen LogP contribution in [-0.2, 0) is 42.3 Å². The molecule has 0 unspecified atom stereocenters. The van der Waals surface area contributed by atoms with Crippen molar-refractivity contribution in [2.75, 3.05) is 0 Å². The fraction of sp³-hybridized carbons (Fsp3) is 0.0476. The first kappa shape index (κ1) is 54.0. The van der Waals surface area contributed by atoms with Crippen molar-refractivity contribution in [2.24, 2.45) is 42.3 Å². The van der Waals surface area contributed by atoms with Crippen LogP contribution < -0.4 is 0 Å². The molecule has 0 aliphatic rings. The lowest BCUT2D eigenvalue weighted by atomic mass is 10.0. The molecule has 0 spiro atoms. The Kier molecular flexibility index (Phi) is 14.7. The second-order valence-electron chi connectivity index (χ2n) is 32.0. The molecule has 26 aromatic rings. The molecule has 20 aromatic carbocycles. The van der Waals surface area contributed by atoms with Gasteiger partial charge in [0.25, 0.3) is 0 Å². The van der Waals surface area contributed by atoms with Crippen molar-refractivity contribution in [2.45, 2.75) is 0 Å². The Morgan fingerprint density at radius 1 is 0.147 bits per heavy atom. The Bertz CT molecular complexity index is 10600. The van der Waals surface area contributed by atoms with Crippen molar-refractivity contribution in [1.82, 2.24) is 27.4 Å². The number of halogens is 4. The molecule has 6 aromatic heterocycles. The summed E-state index contributed by atoms with van der Waals surface area (Å²) in [7, 11) is 10.7. The van der Waals surface area contributed by atoms with Gasteiger partial charge >= 0.3 is 0 Å². The van der Waals surface area contributed by atoms with Crippen LogP contribution in [0.5, 0.6) is 0 Å². The van der Waals surface area contributed by atoms with E-state index in [1.54, 1.807) is 83.9 Å². The predicted molar refractivity (Wildman–Crippen MR) is 566 cm³/mol. The third kappa shape index (κ3) is 16.7. The van der Waals surface area contributed by atoms with Crippen LogP contribution in [0.2, 0.25) is 0 Å². The molecule has 136 heavy (non-hydrogen) atoms. The zero-order valence-electron chi connectivity index (χ0n) is 109. The van der Waals surface area contributed by atoms with Crippen LogP contribution in [0.25, 0.3) is 220 Å². The van der Waals surface area contributed by atoms with Crippen molar-refractivity contribution >= 4 is 131 Å². The molecular weight excluding hydrogens is 1670 g/mol. The van der Waals surface area contributed by atoms with Crippen molar-refractivity contribution in [3.05, 3.63) is 483 Å². The molecule has 0 amide bonds. The molecular formula is C126H94F4N6. The summed E-state index contributed by atoms with van der Waals surface area (Å²) in [6, 6.07) is 57.9. The highest BCUT2D eigenvalue weighted by molar-refractivity contribution is 6.15. The van der Waals surface area contributed by atoms with Crippen molar-refractivity contribution < 1.29 is 66.9 Å².